The second-order valence-corrected chi connectivity index (χ2v) is 9.19. The Kier molecular flexibility index (Phi) is 8.41. The number of piperazine rings is 1. The molecule has 0 saturated carbocycles. The Bertz CT molecular complexity index is 986. The van der Waals surface area contributed by atoms with Crippen molar-refractivity contribution in [2.75, 3.05) is 56.1 Å². The van der Waals surface area contributed by atoms with E-state index in [0.29, 0.717) is 32.4 Å². The summed E-state index contributed by atoms with van der Waals surface area (Å²) in [7, 11) is 0. The molecule has 7 heteroatoms. The van der Waals surface area contributed by atoms with Gasteiger partial charge in [-0.25, -0.2) is 0 Å². The van der Waals surface area contributed by atoms with E-state index < -0.39 is 0 Å². The first-order chi connectivity index (χ1) is 16.6. The van der Waals surface area contributed by atoms with Crippen LogP contribution in [0.2, 0.25) is 0 Å². The number of fused-ring (bicyclic) bond motifs is 1. The molecule has 2 aliphatic rings. The molecule has 2 N–H and O–H groups in total. The molecule has 34 heavy (non-hydrogen) atoms. The average molecular weight is 465 g/mol. The summed E-state index contributed by atoms with van der Waals surface area (Å²) < 4.78 is 5.80. The molecule has 0 bridgehead atoms. The van der Waals surface area contributed by atoms with Crippen LogP contribution >= 0.6 is 0 Å². The third-order valence-electron chi connectivity index (χ3n) is 6.50. The first-order valence-corrected chi connectivity index (χ1v) is 12.4. The summed E-state index contributed by atoms with van der Waals surface area (Å²) in [5.41, 5.74) is 4.59. The van der Waals surface area contributed by atoms with E-state index in [1.165, 1.54) is 11.3 Å². The smallest absolute Gasteiger partial charge is 0.224 e. The van der Waals surface area contributed by atoms with Crippen LogP contribution in [0.15, 0.2) is 42.5 Å². The Labute approximate surface area is 202 Å². The number of hydrogen-bond acceptors (Lipinski definition) is 5. The predicted molar refractivity (Wildman–Crippen MR) is 136 cm³/mol. The first kappa shape index (κ1) is 24.1. The van der Waals surface area contributed by atoms with E-state index in [1.54, 1.807) is 0 Å². The molecule has 2 aliphatic heterocycles. The van der Waals surface area contributed by atoms with Crippen molar-refractivity contribution in [3.8, 4) is 5.75 Å². The number of hydrogen-bond donors (Lipinski definition) is 2. The summed E-state index contributed by atoms with van der Waals surface area (Å²) in [6, 6.07) is 14.4. The molecule has 0 unspecified atom stereocenters. The minimum absolute atomic E-state index is 0.0628. The summed E-state index contributed by atoms with van der Waals surface area (Å²) in [6.45, 7) is 8.60. The zero-order valence-corrected chi connectivity index (χ0v) is 20.1. The lowest BCUT2D eigenvalue weighted by Gasteiger charge is -2.36. The van der Waals surface area contributed by atoms with Crippen molar-refractivity contribution < 1.29 is 14.3 Å². The molecule has 7 nitrogen and oxygen atoms in total. The lowest BCUT2D eigenvalue weighted by atomic mass is 10.0. The number of aryl methyl sites for hydroxylation is 2. The van der Waals surface area contributed by atoms with Crippen LogP contribution in [0.3, 0.4) is 0 Å². The van der Waals surface area contributed by atoms with Crippen LogP contribution < -0.4 is 20.3 Å². The number of nitrogens with zero attached hydrogens (tertiary/aromatic N) is 2. The van der Waals surface area contributed by atoms with Gasteiger partial charge in [0.2, 0.25) is 11.8 Å². The Morgan fingerprint density at radius 2 is 1.91 bits per heavy atom. The van der Waals surface area contributed by atoms with E-state index in [4.69, 9.17) is 4.74 Å². The van der Waals surface area contributed by atoms with Gasteiger partial charge in [0.25, 0.3) is 0 Å². The number of carbonyl (C=O) groups excluding carboxylic acids is 2. The van der Waals surface area contributed by atoms with E-state index in [9.17, 15) is 9.59 Å². The van der Waals surface area contributed by atoms with Crippen LogP contribution in [-0.4, -0.2) is 62.6 Å². The van der Waals surface area contributed by atoms with E-state index >= 15 is 0 Å². The molecule has 2 amide bonds. The first-order valence-electron chi connectivity index (χ1n) is 12.4. The zero-order valence-electron chi connectivity index (χ0n) is 20.1. The number of amides is 2. The van der Waals surface area contributed by atoms with Gasteiger partial charge in [-0.05, 0) is 74.2 Å². The fourth-order valence-corrected chi connectivity index (χ4v) is 4.55. The molecule has 1 saturated heterocycles. The molecule has 0 radical (unpaired) electrons. The van der Waals surface area contributed by atoms with Gasteiger partial charge in [-0.2, -0.15) is 0 Å². The van der Waals surface area contributed by atoms with Crippen molar-refractivity contribution in [1.29, 1.82) is 0 Å². The highest BCUT2D eigenvalue weighted by Gasteiger charge is 2.17. The van der Waals surface area contributed by atoms with Gasteiger partial charge in [0, 0.05) is 56.9 Å². The zero-order chi connectivity index (χ0) is 23.8. The Balaban J connectivity index is 1.04. The number of rotatable bonds is 10. The van der Waals surface area contributed by atoms with E-state index in [-0.39, 0.29) is 11.8 Å². The number of nitrogens with one attached hydrogen (secondary N) is 2. The monoisotopic (exact) mass is 464 g/mol. The van der Waals surface area contributed by atoms with E-state index in [1.807, 2.05) is 18.2 Å². The molecule has 0 atom stereocenters. The normalized spacial score (nSPS) is 16.0. The molecule has 2 heterocycles. The lowest BCUT2D eigenvalue weighted by Crippen LogP contribution is -2.47. The molecule has 4 rings (SSSR count). The molecule has 1 fully saturated rings. The highest BCUT2D eigenvalue weighted by Crippen LogP contribution is 2.26. The largest absolute Gasteiger partial charge is 0.494 e. The standard InChI is InChI=1S/C27H36N4O3/c1-21-5-2-6-23(19-21)31-16-14-30(15-17-31)13-4-12-28-26(32)7-3-18-34-24-9-10-25-22(20-24)8-11-27(33)29-25/h2,5-6,9-10,19-20H,3-4,7-8,11-18H2,1H3,(H,28,32)(H,29,33). The maximum atomic E-state index is 12.1. The van der Waals surface area contributed by atoms with Gasteiger partial charge in [-0.1, -0.05) is 12.1 Å². The fourth-order valence-electron chi connectivity index (χ4n) is 4.55. The molecule has 0 aliphatic carbocycles. The van der Waals surface area contributed by atoms with Crippen molar-refractivity contribution in [2.24, 2.45) is 0 Å². The number of anilines is 2. The van der Waals surface area contributed by atoms with E-state index in [2.05, 4.69) is 51.6 Å². The minimum Gasteiger partial charge on any atom is -0.494 e. The number of carbonyl (C=O) groups is 2. The maximum Gasteiger partial charge on any atom is 0.224 e. The topological polar surface area (TPSA) is 73.9 Å². The summed E-state index contributed by atoms with van der Waals surface area (Å²) in [6.07, 6.45) is 3.37. The van der Waals surface area contributed by atoms with Gasteiger partial charge >= 0.3 is 0 Å². The number of benzene rings is 2. The lowest BCUT2D eigenvalue weighted by molar-refractivity contribution is -0.121. The molecule has 2 aromatic rings. The van der Waals surface area contributed by atoms with Gasteiger partial charge < -0.3 is 20.3 Å². The van der Waals surface area contributed by atoms with Gasteiger partial charge in [0.15, 0.2) is 0 Å². The summed E-state index contributed by atoms with van der Waals surface area (Å²) in [5, 5.41) is 5.91. The van der Waals surface area contributed by atoms with Gasteiger partial charge in [-0.15, -0.1) is 0 Å². The molecule has 182 valence electrons. The van der Waals surface area contributed by atoms with Gasteiger partial charge in [0.1, 0.15) is 5.75 Å². The highest BCUT2D eigenvalue weighted by molar-refractivity contribution is 5.94. The van der Waals surface area contributed by atoms with Crippen molar-refractivity contribution in [3.63, 3.8) is 0 Å². The van der Waals surface area contributed by atoms with Crippen LogP contribution in [0.5, 0.6) is 5.75 Å². The van der Waals surface area contributed by atoms with Crippen molar-refractivity contribution in [2.45, 2.75) is 39.0 Å². The van der Waals surface area contributed by atoms with Crippen LogP contribution in [0.1, 0.15) is 36.8 Å². The molecule has 0 aromatic heterocycles. The molecular formula is C27H36N4O3. The Morgan fingerprint density at radius 1 is 1.06 bits per heavy atom. The van der Waals surface area contributed by atoms with Crippen molar-refractivity contribution >= 4 is 23.2 Å². The van der Waals surface area contributed by atoms with Crippen LogP contribution in [0.25, 0.3) is 0 Å². The quantitative estimate of drug-likeness (QED) is 0.528. The second kappa shape index (κ2) is 11.9. The van der Waals surface area contributed by atoms with Crippen LogP contribution in [0, 0.1) is 6.92 Å². The van der Waals surface area contributed by atoms with E-state index in [0.717, 1.165) is 62.6 Å². The van der Waals surface area contributed by atoms with Crippen LogP contribution in [-0.2, 0) is 16.0 Å². The molecule has 0 spiro atoms. The third-order valence-corrected chi connectivity index (χ3v) is 6.50. The average Bonchev–Trinajstić information content (AvgIpc) is 2.85. The molecular weight excluding hydrogens is 428 g/mol. The van der Waals surface area contributed by atoms with Gasteiger partial charge in [-0.3, -0.25) is 14.5 Å². The van der Waals surface area contributed by atoms with Crippen molar-refractivity contribution in [1.82, 2.24) is 10.2 Å². The maximum absolute atomic E-state index is 12.1. The summed E-state index contributed by atoms with van der Waals surface area (Å²) >= 11 is 0. The predicted octanol–water partition coefficient (Wildman–Crippen LogP) is 3.37. The van der Waals surface area contributed by atoms with Gasteiger partial charge in [0.05, 0.1) is 6.61 Å². The number of ether oxygens (including phenoxy) is 1. The fraction of sp³-hybridized carbons (Fsp3) is 0.481. The van der Waals surface area contributed by atoms with Crippen molar-refractivity contribution in [3.05, 3.63) is 53.6 Å². The second-order valence-electron chi connectivity index (χ2n) is 9.19. The minimum atomic E-state index is 0.0628. The Hall–Kier alpha value is -3.06. The SMILES string of the molecule is Cc1cccc(N2CCN(CCCNC(=O)CCCOc3ccc4c(c3)CCC(=O)N4)CC2)c1. The summed E-state index contributed by atoms with van der Waals surface area (Å²) in [5.74, 6) is 0.937. The third kappa shape index (κ3) is 6.97. The summed E-state index contributed by atoms with van der Waals surface area (Å²) in [4.78, 5) is 28.5. The Morgan fingerprint density at radius 3 is 2.74 bits per heavy atom. The highest BCUT2D eigenvalue weighted by atomic mass is 16.5. The molecule has 2 aromatic carbocycles. The van der Waals surface area contributed by atoms with Crippen LogP contribution in [0.4, 0.5) is 11.4 Å².